The second kappa shape index (κ2) is 5.31. The van der Waals surface area contributed by atoms with Crippen molar-refractivity contribution in [2.75, 3.05) is 20.6 Å². The summed E-state index contributed by atoms with van der Waals surface area (Å²) >= 11 is 0. The molecule has 0 aromatic carbocycles. The second-order valence-electron chi connectivity index (χ2n) is 5.85. The lowest BCUT2D eigenvalue weighted by Crippen LogP contribution is -2.52. The molecule has 1 saturated carbocycles. The molecule has 1 rings (SSSR count). The Labute approximate surface area is 95.4 Å². The first-order valence-corrected chi connectivity index (χ1v) is 6.37. The lowest BCUT2D eigenvalue weighted by Gasteiger charge is -2.44. The molecule has 0 aromatic rings. The molecular formula is C13H28N2. The normalized spacial score (nSPS) is 30.8. The van der Waals surface area contributed by atoms with Crippen molar-refractivity contribution in [2.45, 2.75) is 58.5 Å². The van der Waals surface area contributed by atoms with Crippen molar-refractivity contribution in [3.05, 3.63) is 0 Å². The Morgan fingerprint density at radius 2 is 2.07 bits per heavy atom. The molecule has 1 fully saturated rings. The van der Waals surface area contributed by atoms with Crippen molar-refractivity contribution in [3.63, 3.8) is 0 Å². The minimum atomic E-state index is 0.528. The highest BCUT2D eigenvalue weighted by molar-refractivity contribution is 4.93. The highest BCUT2D eigenvalue weighted by Gasteiger charge is 2.35. The molecule has 0 saturated heterocycles. The second-order valence-corrected chi connectivity index (χ2v) is 5.85. The third-order valence-electron chi connectivity index (χ3n) is 3.87. The molecule has 2 unspecified atom stereocenters. The van der Waals surface area contributed by atoms with Crippen LogP contribution >= 0.6 is 0 Å². The van der Waals surface area contributed by atoms with E-state index in [1.54, 1.807) is 0 Å². The van der Waals surface area contributed by atoms with Gasteiger partial charge in [-0.3, -0.25) is 0 Å². The minimum absolute atomic E-state index is 0.528. The van der Waals surface area contributed by atoms with Crippen molar-refractivity contribution in [2.24, 2.45) is 5.41 Å². The molecule has 0 heterocycles. The van der Waals surface area contributed by atoms with Crippen molar-refractivity contribution in [1.29, 1.82) is 0 Å². The van der Waals surface area contributed by atoms with E-state index in [2.05, 4.69) is 45.1 Å². The van der Waals surface area contributed by atoms with Crippen LogP contribution in [0.5, 0.6) is 0 Å². The zero-order chi connectivity index (χ0) is 11.5. The molecule has 1 N–H and O–H groups in total. The highest BCUT2D eigenvalue weighted by atomic mass is 15.2. The molecular weight excluding hydrogens is 184 g/mol. The zero-order valence-corrected chi connectivity index (χ0v) is 11.1. The summed E-state index contributed by atoms with van der Waals surface area (Å²) in [5.74, 6) is 0. The lowest BCUT2D eigenvalue weighted by atomic mass is 9.72. The van der Waals surface area contributed by atoms with Crippen LogP contribution in [0.1, 0.15) is 46.5 Å². The summed E-state index contributed by atoms with van der Waals surface area (Å²) in [6.07, 6.45) is 5.26. The fraction of sp³-hybridized carbons (Fsp3) is 1.00. The van der Waals surface area contributed by atoms with E-state index in [9.17, 15) is 0 Å². The monoisotopic (exact) mass is 212 g/mol. The van der Waals surface area contributed by atoms with Crippen molar-refractivity contribution >= 4 is 0 Å². The Hall–Kier alpha value is -0.0800. The topological polar surface area (TPSA) is 15.3 Å². The summed E-state index contributed by atoms with van der Waals surface area (Å²) in [6, 6.07) is 1.41. The molecule has 2 nitrogen and oxygen atoms in total. The average molecular weight is 212 g/mol. The highest BCUT2D eigenvalue weighted by Crippen LogP contribution is 2.37. The Morgan fingerprint density at radius 3 is 2.60 bits per heavy atom. The minimum Gasteiger partial charge on any atom is -0.315 e. The van der Waals surface area contributed by atoms with Gasteiger partial charge in [0, 0.05) is 12.1 Å². The van der Waals surface area contributed by atoms with Gasteiger partial charge < -0.3 is 10.2 Å². The Bertz CT molecular complexity index is 189. The number of likely N-dealkylation sites (N-methyl/N-ethyl adjacent to an activating group) is 2. The molecule has 0 amide bonds. The SMILES string of the molecule is CCCN(C)C1CC(C)(C)CCC1NC. The third kappa shape index (κ3) is 3.46. The van der Waals surface area contributed by atoms with Crippen LogP contribution in [-0.4, -0.2) is 37.6 Å². The Morgan fingerprint density at radius 1 is 1.40 bits per heavy atom. The van der Waals surface area contributed by atoms with E-state index in [1.807, 2.05) is 0 Å². The van der Waals surface area contributed by atoms with E-state index in [0.717, 1.165) is 6.04 Å². The van der Waals surface area contributed by atoms with Gasteiger partial charge in [0.25, 0.3) is 0 Å². The maximum atomic E-state index is 3.49. The number of nitrogens with one attached hydrogen (secondary N) is 1. The van der Waals surface area contributed by atoms with E-state index in [-0.39, 0.29) is 0 Å². The van der Waals surface area contributed by atoms with Gasteiger partial charge in [-0.15, -0.1) is 0 Å². The molecule has 1 aliphatic carbocycles. The molecule has 1 aliphatic rings. The van der Waals surface area contributed by atoms with Gasteiger partial charge in [-0.05, 0) is 51.7 Å². The Balaban J connectivity index is 2.62. The van der Waals surface area contributed by atoms with Crippen LogP contribution in [0.25, 0.3) is 0 Å². The van der Waals surface area contributed by atoms with Crippen LogP contribution in [-0.2, 0) is 0 Å². The molecule has 0 spiro atoms. The summed E-state index contributed by atoms with van der Waals surface area (Å²) in [5.41, 5.74) is 0.528. The van der Waals surface area contributed by atoms with Gasteiger partial charge in [0.15, 0.2) is 0 Å². The molecule has 90 valence electrons. The molecule has 2 atom stereocenters. The number of hydrogen-bond donors (Lipinski definition) is 1. The molecule has 0 aliphatic heterocycles. The van der Waals surface area contributed by atoms with E-state index in [1.165, 1.54) is 32.2 Å². The fourth-order valence-electron chi connectivity index (χ4n) is 2.87. The summed E-state index contributed by atoms with van der Waals surface area (Å²) in [7, 11) is 4.38. The van der Waals surface area contributed by atoms with Gasteiger partial charge in [0.2, 0.25) is 0 Å². The predicted molar refractivity (Wildman–Crippen MR) is 67.2 cm³/mol. The first-order valence-electron chi connectivity index (χ1n) is 6.37. The first kappa shape index (κ1) is 13.0. The predicted octanol–water partition coefficient (Wildman–Crippen LogP) is 2.49. The number of hydrogen-bond acceptors (Lipinski definition) is 2. The van der Waals surface area contributed by atoms with Crippen LogP contribution < -0.4 is 5.32 Å². The Kier molecular flexibility index (Phi) is 4.60. The van der Waals surface area contributed by atoms with Gasteiger partial charge in [0.1, 0.15) is 0 Å². The van der Waals surface area contributed by atoms with Crippen molar-refractivity contribution in [3.8, 4) is 0 Å². The molecule has 0 aromatic heterocycles. The van der Waals surface area contributed by atoms with Crippen LogP contribution in [0, 0.1) is 5.41 Å². The summed E-state index contributed by atoms with van der Waals surface area (Å²) in [6.45, 7) is 8.30. The summed E-state index contributed by atoms with van der Waals surface area (Å²) in [5, 5.41) is 3.49. The van der Waals surface area contributed by atoms with Crippen LogP contribution in [0.2, 0.25) is 0 Å². The molecule has 0 bridgehead atoms. The van der Waals surface area contributed by atoms with Gasteiger partial charge in [0.05, 0.1) is 0 Å². The smallest absolute Gasteiger partial charge is 0.0251 e. The van der Waals surface area contributed by atoms with Crippen molar-refractivity contribution < 1.29 is 0 Å². The van der Waals surface area contributed by atoms with E-state index in [0.29, 0.717) is 11.5 Å². The zero-order valence-electron chi connectivity index (χ0n) is 11.1. The standard InChI is InChI=1S/C13H28N2/c1-6-9-15(5)12-10-13(2,3)8-7-11(12)14-4/h11-12,14H,6-10H2,1-5H3. The summed E-state index contributed by atoms with van der Waals surface area (Å²) < 4.78 is 0. The van der Waals surface area contributed by atoms with Gasteiger partial charge in [-0.1, -0.05) is 20.8 Å². The quantitative estimate of drug-likeness (QED) is 0.770. The van der Waals surface area contributed by atoms with Crippen LogP contribution in [0.4, 0.5) is 0 Å². The molecule has 0 radical (unpaired) electrons. The van der Waals surface area contributed by atoms with Gasteiger partial charge in [-0.2, -0.15) is 0 Å². The van der Waals surface area contributed by atoms with E-state index >= 15 is 0 Å². The maximum Gasteiger partial charge on any atom is 0.0251 e. The molecule has 15 heavy (non-hydrogen) atoms. The summed E-state index contributed by atoms with van der Waals surface area (Å²) in [4.78, 5) is 2.54. The first-order chi connectivity index (χ1) is 7.00. The van der Waals surface area contributed by atoms with Crippen LogP contribution in [0.15, 0.2) is 0 Å². The molecule has 2 heteroatoms. The van der Waals surface area contributed by atoms with Gasteiger partial charge in [-0.25, -0.2) is 0 Å². The van der Waals surface area contributed by atoms with Crippen LogP contribution in [0.3, 0.4) is 0 Å². The third-order valence-corrected chi connectivity index (χ3v) is 3.87. The number of rotatable bonds is 4. The average Bonchev–Trinajstić information content (AvgIpc) is 2.17. The lowest BCUT2D eigenvalue weighted by molar-refractivity contribution is 0.0850. The van der Waals surface area contributed by atoms with Crippen molar-refractivity contribution in [1.82, 2.24) is 10.2 Å². The fourth-order valence-corrected chi connectivity index (χ4v) is 2.87. The number of nitrogens with zero attached hydrogens (tertiary/aromatic N) is 1. The van der Waals surface area contributed by atoms with Gasteiger partial charge >= 0.3 is 0 Å². The largest absolute Gasteiger partial charge is 0.315 e. The van der Waals surface area contributed by atoms with E-state index < -0.39 is 0 Å². The van der Waals surface area contributed by atoms with E-state index in [4.69, 9.17) is 0 Å². The maximum absolute atomic E-state index is 3.49.